The molecule has 1 heterocycles. The van der Waals surface area contributed by atoms with Crippen LogP contribution in [0.5, 0.6) is 0 Å². The van der Waals surface area contributed by atoms with Crippen molar-refractivity contribution in [3.05, 3.63) is 11.7 Å². The Morgan fingerprint density at radius 3 is 3.14 bits per heavy atom. The summed E-state index contributed by atoms with van der Waals surface area (Å²) in [5.74, 6) is 8.51. The maximum absolute atomic E-state index is 4.93. The maximum atomic E-state index is 4.93. The van der Waals surface area contributed by atoms with Crippen LogP contribution in [0.2, 0.25) is 0 Å². The zero-order chi connectivity index (χ0) is 10.2. The van der Waals surface area contributed by atoms with Crippen molar-refractivity contribution >= 4 is 11.8 Å². The van der Waals surface area contributed by atoms with Gasteiger partial charge in [0.15, 0.2) is 5.82 Å². The molecule has 0 saturated carbocycles. The molecule has 0 amide bonds. The molecule has 0 N–H and O–H groups in total. The Labute approximate surface area is 87.4 Å². The summed E-state index contributed by atoms with van der Waals surface area (Å²) in [6.45, 7) is 2.19. The Kier molecular flexibility index (Phi) is 5.12. The predicted molar refractivity (Wildman–Crippen MR) is 54.6 cm³/mol. The van der Waals surface area contributed by atoms with E-state index in [1.807, 2.05) is 6.92 Å². The molecule has 76 valence electrons. The maximum Gasteiger partial charge on any atom is 0.252 e. The third-order valence-corrected chi connectivity index (χ3v) is 2.17. The molecule has 5 heteroatoms. The number of aromatic nitrogens is 2. The van der Waals surface area contributed by atoms with Gasteiger partial charge < -0.3 is 9.26 Å². The van der Waals surface area contributed by atoms with Gasteiger partial charge in [0.2, 0.25) is 0 Å². The summed E-state index contributed by atoms with van der Waals surface area (Å²) in [6.07, 6.45) is 0. The first-order valence-electron chi connectivity index (χ1n) is 4.14. The zero-order valence-corrected chi connectivity index (χ0v) is 9.06. The van der Waals surface area contributed by atoms with Crippen LogP contribution in [0.15, 0.2) is 4.52 Å². The number of thioether (sulfide) groups is 1. The van der Waals surface area contributed by atoms with Gasteiger partial charge >= 0.3 is 0 Å². The van der Waals surface area contributed by atoms with Gasteiger partial charge in [-0.25, -0.2) is 0 Å². The lowest BCUT2D eigenvalue weighted by Crippen LogP contribution is -1.88. The van der Waals surface area contributed by atoms with E-state index in [1.165, 1.54) is 0 Å². The summed E-state index contributed by atoms with van der Waals surface area (Å²) in [4.78, 5) is 4.13. The fourth-order valence-corrected chi connectivity index (χ4v) is 1.44. The van der Waals surface area contributed by atoms with E-state index in [0.29, 0.717) is 18.3 Å². The molecule has 0 aliphatic heterocycles. The Hall–Kier alpha value is -0.990. The van der Waals surface area contributed by atoms with E-state index in [1.54, 1.807) is 18.9 Å². The third-order valence-electron chi connectivity index (χ3n) is 1.36. The summed E-state index contributed by atoms with van der Waals surface area (Å²) in [5, 5.41) is 3.80. The molecule has 0 unspecified atom stereocenters. The summed E-state index contributed by atoms with van der Waals surface area (Å²) in [7, 11) is 1.59. The first kappa shape index (κ1) is 11.1. The standard InChI is InChI=1S/C9H12N2O2S/c1-3-4-5-14-7-8-10-9(6-12-2)13-11-8/h5-7H2,1-2H3. The van der Waals surface area contributed by atoms with E-state index in [0.717, 1.165) is 11.5 Å². The SMILES string of the molecule is CC#CCSCc1noc(COC)n1. The van der Waals surface area contributed by atoms with Gasteiger partial charge in [-0.3, -0.25) is 0 Å². The van der Waals surface area contributed by atoms with Crippen LogP contribution in [-0.2, 0) is 17.1 Å². The van der Waals surface area contributed by atoms with E-state index < -0.39 is 0 Å². The van der Waals surface area contributed by atoms with Crippen molar-refractivity contribution in [2.24, 2.45) is 0 Å². The van der Waals surface area contributed by atoms with Gasteiger partial charge in [0.1, 0.15) is 6.61 Å². The van der Waals surface area contributed by atoms with Crippen molar-refractivity contribution < 1.29 is 9.26 Å². The quantitative estimate of drug-likeness (QED) is 0.546. The van der Waals surface area contributed by atoms with E-state index in [9.17, 15) is 0 Å². The highest BCUT2D eigenvalue weighted by Crippen LogP contribution is 2.08. The molecule has 0 aliphatic carbocycles. The molecular weight excluding hydrogens is 200 g/mol. The Morgan fingerprint density at radius 2 is 2.43 bits per heavy atom. The van der Waals surface area contributed by atoms with Crippen molar-refractivity contribution in [1.29, 1.82) is 0 Å². The number of nitrogens with zero attached hydrogens (tertiary/aromatic N) is 2. The average Bonchev–Trinajstić information content (AvgIpc) is 2.61. The minimum atomic E-state index is 0.367. The molecule has 1 rings (SSSR count). The highest BCUT2D eigenvalue weighted by Gasteiger charge is 2.04. The lowest BCUT2D eigenvalue weighted by atomic mass is 10.7. The van der Waals surface area contributed by atoms with Crippen molar-refractivity contribution in [2.45, 2.75) is 19.3 Å². The molecule has 4 nitrogen and oxygen atoms in total. The first-order valence-corrected chi connectivity index (χ1v) is 5.30. The molecule has 0 bridgehead atoms. The second-order valence-corrected chi connectivity index (χ2v) is 3.44. The molecule has 1 aromatic rings. The molecule has 0 aromatic carbocycles. The lowest BCUT2D eigenvalue weighted by molar-refractivity contribution is 0.151. The van der Waals surface area contributed by atoms with Gasteiger partial charge in [0, 0.05) is 7.11 Å². The molecule has 14 heavy (non-hydrogen) atoms. The van der Waals surface area contributed by atoms with Gasteiger partial charge in [0.05, 0.1) is 11.5 Å². The van der Waals surface area contributed by atoms with Crippen LogP contribution in [0.4, 0.5) is 0 Å². The number of methoxy groups -OCH3 is 1. The van der Waals surface area contributed by atoms with Gasteiger partial charge in [-0.15, -0.1) is 17.7 Å². The van der Waals surface area contributed by atoms with Crippen molar-refractivity contribution in [2.75, 3.05) is 12.9 Å². The van der Waals surface area contributed by atoms with Gasteiger partial charge in [0.25, 0.3) is 5.89 Å². The summed E-state index contributed by atoms with van der Waals surface area (Å²) >= 11 is 1.66. The summed E-state index contributed by atoms with van der Waals surface area (Å²) in [6, 6.07) is 0. The highest BCUT2D eigenvalue weighted by molar-refractivity contribution is 7.98. The minimum absolute atomic E-state index is 0.367. The fraction of sp³-hybridized carbons (Fsp3) is 0.556. The van der Waals surface area contributed by atoms with Crippen LogP contribution < -0.4 is 0 Å². The molecule has 1 aromatic heterocycles. The van der Waals surface area contributed by atoms with Gasteiger partial charge in [-0.05, 0) is 6.92 Å². The first-order chi connectivity index (χ1) is 6.86. The van der Waals surface area contributed by atoms with Crippen LogP contribution in [-0.4, -0.2) is 23.0 Å². The van der Waals surface area contributed by atoms with E-state index in [4.69, 9.17) is 9.26 Å². The number of hydrogen-bond donors (Lipinski definition) is 0. The van der Waals surface area contributed by atoms with Crippen LogP contribution in [0, 0.1) is 11.8 Å². The smallest absolute Gasteiger partial charge is 0.252 e. The van der Waals surface area contributed by atoms with Gasteiger partial charge in [-0.2, -0.15) is 4.98 Å². The normalized spacial score (nSPS) is 9.57. The largest absolute Gasteiger partial charge is 0.375 e. The Morgan fingerprint density at radius 1 is 1.57 bits per heavy atom. The van der Waals surface area contributed by atoms with Crippen LogP contribution >= 0.6 is 11.8 Å². The van der Waals surface area contributed by atoms with E-state index >= 15 is 0 Å². The Balaban J connectivity index is 2.31. The van der Waals surface area contributed by atoms with Crippen molar-refractivity contribution in [3.8, 4) is 11.8 Å². The second kappa shape index (κ2) is 6.46. The zero-order valence-electron chi connectivity index (χ0n) is 8.24. The molecule has 0 radical (unpaired) electrons. The minimum Gasteiger partial charge on any atom is -0.375 e. The Bertz CT molecular complexity index is 327. The van der Waals surface area contributed by atoms with Crippen LogP contribution in [0.1, 0.15) is 18.6 Å². The monoisotopic (exact) mass is 212 g/mol. The average molecular weight is 212 g/mol. The van der Waals surface area contributed by atoms with Gasteiger partial charge in [-0.1, -0.05) is 11.1 Å². The number of ether oxygens (including phenoxy) is 1. The van der Waals surface area contributed by atoms with E-state index in [2.05, 4.69) is 22.0 Å². The fourth-order valence-electron chi connectivity index (χ4n) is 0.796. The van der Waals surface area contributed by atoms with Crippen LogP contribution in [0.3, 0.4) is 0 Å². The molecule has 0 fully saturated rings. The highest BCUT2D eigenvalue weighted by atomic mass is 32.2. The topological polar surface area (TPSA) is 48.2 Å². The molecule has 0 spiro atoms. The molecular formula is C9H12N2O2S. The summed E-state index contributed by atoms with van der Waals surface area (Å²) < 4.78 is 9.79. The second-order valence-electron chi connectivity index (χ2n) is 2.46. The predicted octanol–water partition coefficient (Wildman–Crippen LogP) is 1.47. The van der Waals surface area contributed by atoms with Crippen molar-refractivity contribution in [3.63, 3.8) is 0 Å². The summed E-state index contributed by atoms with van der Waals surface area (Å²) in [5.41, 5.74) is 0. The lowest BCUT2D eigenvalue weighted by Gasteiger charge is -1.89. The van der Waals surface area contributed by atoms with Crippen LogP contribution in [0.25, 0.3) is 0 Å². The number of rotatable bonds is 5. The molecule has 0 aliphatic rings. The van der Waals surface area contributed by atoms with Crippen molar-refractivity contribution in [1.82, 2.24) is 10.1 Å². The van der Waals surface area contributed by atoms with E-state index in [-0.39, 0.29) is 0 Å². The number of hydrogen-bond acceptors (Lipinski definition) is 5. The third kappa shape index (κ3) is 3.81. The molecule has 0 atom stereocenters. The molecule has 0 saturated heterocycles.